The van der Waals surface area contributed by atoms with Crippen molar-refractivity contribution < 1.29 is 9.13 Å². The SMILES string of the molecule is CCc1ccc(CNC(=NC)NCc2ccc(N3CCOCC3)c(F)c2)s1.I. The van der Waals surface area contributed by atoms with Crippen LogP contribution in [0, 0.1) is 5.82 Å². The van der Waals surface area contributed by atoms with Gasteiger partial charge in [0.15, 0.2) is 5.96 Å². The van der Waals surface area contributed by atoms with E-state index in [0.29, 0.717) is 31.4 Å². The van der Waals surface area contributed by atoms with Gasteiger partial charge in [-0.25, -0.2) is 4.39 Å². The Morgan fingerprint density at radius 2 is 1.86 bits per heavy atom. The molecule has 1 fully saturated rings. The molecule has 0 aliphatic carbocycles. The van der Waals surface area contributed by atoms with E-state index in [1.807, 2.05) is 28.4 Å². The van der Waals surface area contributed by atoms with Gasteiger partial charge in [-0.05, 0) is 36.2 Å². The lowest BCUT2D eigenvalue weighted by atomic mass is 10.1. The summed E-state index contributed by atoms with van der Waals surface area (Å²) < 4.78 is 19.8. The molecule has 2 aromatic rings. The Kier molecular flexibility index (Phi) is 9.46. The van der Waals surface area contributed by atoms with Crippen LogP contribution in [0.2, 0.25) is 0 Å². The minimum absolute atomic E-state index is 0. The molecule has 0 bridgehead atoms. The normalized spacial score (nSPS) is 14.5. The Labute approximate surface area is 187 Å². The second-order valence-electron chi connectivity index (χ2n) is 6.39. The lowest BCUT2D eigenvalue weighted by Crippen LogP contribution is -2.37. The van der Waals surface area contributed by atoms with E-state index in [1.54, 1.807) is 13.1 Å². The van der Waals surface area contributed by atoms with Crippen LogP contribution in [0.15, 0.2) is 35.3 Å². The van der Waals surface area contributed by atoms with Gasteiger partial charge < -0.3 is 20.3 Å². The summed E-state index contributed by atoms with van der Waals surface area (Å²) in [5, 5.41) is 6.55. The van der Waals surface area contributed by atoms with Crippen molar-refractivity contribution in [2.45, 2.75) is 26.4 Å². The highest BCUT2D eigenvalue weighted by molar-refractivity contribution is 14.0. The zero-order valence-electron chi connectivity index (χ0n) is 16.3. The highest BCUT2D eigenvalue weighted by atomic mass is 127. The molecule has 0 amide bonds. The second-order valence-corrected chi connectivity index (χ2v) is 7.64. The molecule has 28 heavy (non-hydrogen) atoms. The summed E-state index contributed by atoms with van der Waals surface area (Å²) in [6.07, 6.45) is 1.06. The number of benzene rings is 1. The van der Waals surface area contributed by atoms with Crippen molar-refractivity contribution in [2.24, 2.45) is 4.99 Å². The summed E-state index contributed by atoms with van der Waals surface area (Å²) in [5.74, 6) is 0.518. The van der Waals surface area contributed by atoms with Crippen LogP contribution in [-0.4, -0.2) is 39.3 Å². The number of thiophene rings is 1. The third-order valence-corrected chi connectivity index (χ3v) is 5.77. The van der Waals surface area contributed by atoms with Crippen LogP contribution in [0.25, 0.3) is 0 Å². The molecule has 1 saturated heterocycles. The fraction of sp³-hybridized carbons (Fsp3) is 0.450. The van der Waals surface area contributed by atoms with Crippen LogP contribution in [-0.2, 0) is 24.2 Å². The summed E-state index contributed by atoms with van der Waals surface area (Å²) in [5.41, 5.74) is 1.53. The minimum atomic E-state index is -0.190. The Morgan fingerprint density at radius 1 is 1.14 bits per heavy atom. The van der Waals surface area contributed by atoms with Gasteiger partial charge in [-0.1, -0.05) is 13.0 Å². The predicted molar refractivity (Wildman–Crippen MR) is 126 cm³/mol. The van der Waals surface area contributed by atoms with E-state index in [-0.39, 0.29) is 29.8 Å². The molecule has 1 aliphatic heterocycles. The quantitative estimate of drug-likeness (QED) is 0.348. The molecule has 0 atom stereocenters. The topological polar surface area (TPSA) is 48.9 Å². The molecule has 154 valence electrons. The Hall–Kier alpha value is -1.39. The fourth-order valence-electron chi connectivity index (χ4n) is 3.01. The highest BCUT2D eigenvalue weighted by Crippen LogP contribution is 2.21. The van der Waals surface area contributed by atoms with Gasteiger partial charge in [-0.15, -0.1) is 35.3 Å². The van der Waals surface area contributed by atoms with Crippen LogP contribution in [0.1, 0.15) is 22.2 Å². The number of hydrogen-bond donors (Lipinski definition) is 2. The number of hydrogen-bond acceptors (Lipinski definition) is 4. The van der Waals surface area contributed by atoms with Crippen molar-refractivity contribution >= 4 is 47.0 Å². The van der Waals surface area contributed by atoms with Crippen molar-refractivity contribution in [1.82, 2.24) is 10.6 Å². The molecule has 2 N–H and O–H groups in total. The maximum absolute atomic E-state index is 14.5. The van der Waals surface area contributed by atoms with E-state index < -0.39 is 0 Å². The van der Waals surface area contributed by atoms with Gasteiger partial charge in [0.2, 0.25) is 0 Å². The molecule has 2 heterocycles. The average Bonchev–Trinajstić information content (AvgIpc) is 3.17. The monoisotopic (exact) mass is 518 g/mol. The summed E-state index contributed by atoms with van der Waals surface area (Å²) >= 11 is 1.81. The maximum atomic E-state index is 14.5. The van der Waals surface area contributed by atoms with Crippen LogP contribution in [0.3, 0.4) is 0 Å². The van der Waals surface area contributed by atoms with Crippen LogP contribution in [0.5, 0.6) is 0 Å². The van der Waals surface area contributed by atoms with E-state index in [9.17, 15) is 4.39 Å². The van der Waals surface area contributed by atoms with Gasteiger partial charge in [0.25, 0.3) is 0 Å². The smallest absolute Gasteiger partial charge is 0.191 e. The number of nitrogens with one attached hydrogen (secondary N) is 2. The molecular weight excluding hydrogens is 490 g/mol. The van der Waals surface area contributed by atoms with Crippen molar-refractivity contribution in [3.8, 4) is 0 Å². The predicted octanol–water partition coefficient (Wildman–Crippen LogP) is 3.77. The zero-order chi connectivity index (χ0) is 19.1. The van der Waals surface area contributed by atoms with E-state index >= 15 is 0 Å². The number of anilines is 1. The van der Waals surface area contributed by atoms with Crippen molar-refractivity contribution in [2.75, 3.05) is 38.3 Å². The first-order valence-corrected chi connectivity index (χ1v) is 10.1. The molecule has 5 nitrogen and oxygen atoms in total. The highest BCUT2D eigenvalue weighted by Gasteiger charge is 2.15. The number of aliphatic imine (C=N–C) groups is 1. The van der Waals surface area contributed by atoms with Crippen LogP contribution in [0.4, 0.5) is 10.1 Å². The van der Waals surface area contributed by atoms with Gasteiger partial charge >= 0.3 is 0 Å². The molecule has 0 unspecified atom stereocenters. The Bertz CT molecular complexity index is 777. The number of rotatable bonds is 6. The second kappa shape index (κ2) is 11.6. The van der Waals surface area contributed by atoms with E-state index in [4.69, 9.17) is 4.74 Å². The van der Waals surface area contributed by atoms with Gasteiger partial charge in [-0.2, -0.15) is 0 Å². The van der Waals surface area contributed by atoms with Crippen molar-refractivity contribution in [1.29, 1.82) is 0 Å². The van der Waals surface area contributed by atoms with E-state index in [1.165, 1.54) is 9.75 Å². The third kappa shape index (κ3) is 6.31. The largest absolute Gasteiger partial charge is 0.378 e. The average molecular weight is 518 g/mol. The summed E-state index contributed by atoms with van der Waals surface area (Å²) in [6, 6.07) is 9.71. The number of morpholine rings is 1. The summed E-state index contributed by atoms with van der Waals surface area (Å²) in [7, 11) is 1.74. The van der Waals surface area contributed by atoms with E-state index in [2.05, 4.69) is 34.7 Å². The van der Waals surface area contributed by atoms with Gasteiger partial charge in [0.1, 0.15) is 5.82 Å². The zero-order valence-corrected chi connectivity index (χ0v) is 19.5. The van der Waals surface area contributed by atoms with Crippen molar-refractivity contribution in [3.05, 3.63) is 51.5 Å². The van der Waals surface area contributed by atoms with E-state index in [0.717, 1.165) is 31.6 Å². The summed E-state index contributed by atoms with van der Waals surface area (Å²) in [6.45, 7) is 6.16. The molecule has 0 radical (unpaired) electrons. The summed E-state index contributed by atoms with van der Waals surface area (Å²) in [4.78, 5) is 8.93. The Balaban J connectivity index is 0.00000280. The van der Waals surface area contributed by atoms with Crippen molar-refractivity contribution in [3.63, 3.8) is 0 Å². The third-order valence-electron chi connectivity index (χ3n) is 4.54. The van der Waals surface area contributed by atoms with Gasteiger partial charge in [0.05, 0.1) is 25.4 Å². The van der Waals surface area contributed by atoms with Gasteiger partial charge in [0, 0.05) is 36.4 Å². The maximum Gasteiger partial charge on any atom is 0.191 e. The lowest BCUT2D eigenvalue weighted by molar-refractivity contribution is 0.122. The molecule has 3 rings (SSSR count). The lowest BCUT2D eigenvalue weighted by Gasteiger charge is -2.29. The first-order chi connectivity index (χ1) is 13.2. The van der Waals surface area contributed by atoms with Crippen LogP contribution < -0.4 is 15.5 Å². The number of ether oxygens (including phenoxy) is 1. The molecular formula is C20H28FIN4OS. The first kappa shape index (κ1) is 22.9. The Morgan fingerprint density at radius 3 is 2.50 bits per heavy atom. The molecule has 8 heteroatoms. The number of nitrogens with zero attached hydrogens (tertiary/aromatic N) is 2. The molecule has 0 saturated carbocycles. The van der Waals surface area contributed by atoms with Gasteiger partial charge in [-0.3, -0.25) is 4.99 Å². The molecule has 0 spiro atoms. The molecule has 1 aromatic carbocycles. The molecule has 1 aromatic heterocycles. The standard InChI is InChI=1S/C20H27FN4OS.HI/c1-3-16-5-6-17(27-16)14-24-20(22-2)23-13-15-4-7-19(18(21)12-15)25-8-10-26-11-9-25;/h4-7,12H,3,8-11,13-14H2,1-2H3,(H2,22,23,24);1H. The first-order valence-electron chi connectivity index (χ1n) is 9.33. The minimum Gasteiger partial charge on any atom is -0.378 e. The van der Waals surface area contributed by atoms with Crippen LogP contribution >= 0.6 is 35.3 Å². The number of halogens is 2. The number of aryl methyl sites for hydroxylation is 1. The fourth-order valence-corrected chi connectivity index (χ4v) is 3.90. The molecule has 1 aliphatic rings. The number of guanidine groups is 1.